The van der Waals surface area contributed by atoms with E-state index in [0.29, 0.717) is 23.3 Å². The molecule has 0 aromatic heterocycles. The van der Waals surface area contributed by atoms with Crippen LogP contribution in [0.5, 0.6) is 5.75 Å². The Kier molecular flexibility index (Phi) is 4.40. The van der Waals surface area contributed by atoms with Gasteiger partial charge in [0.15, 0.2) is 0 Å². The fourth-order valence-electron chi connectivity index (χ4n) is 4.47. The van der Waals surface area contributed by atoms with Gasteiger partial charge >= 0.3 is 0 Å². The molecule has 1 heterocycles. The van der Waals surface area contributed by atoms with Crippen molar-refractivity contribution in [1.29, 1.82) is 0 Å². The highest BCUT2D eigenvalue weighted by Crippen LogP contribution is 2.41. The summed E-state index contributed by atoms with van der Waals surface area (Å²) in [6.45, 7) is 0. The standard InChI is InChI=1S/C20H26N2O3/c1-25-18-9-5-3-7-15(18)20(24)22-16-8-4-2-6-13(16)12-17(22)19(23)21-14-10-11-14/h3,5,7,9,13-14,16-17H,2,4,6,8,10-12H2,1H3,(H,21,23)/t13-,16-,17-/m0/s1. The number of methoxy groups -OCH3 is 1. The summed E-state index contributed by atoms with van der Waals surface area (Å²) in [4.78, 5) is 28.0. The van der Waals surface area contributed by atoms with Crippen molar-refractivity contribution in [3.05, 3.63) is 29.8 Å². The molecule has 0 spiro atoms. The molecule has 2 amide bonds. The number of amides is 2. The molecule has 1 aromatic carbocycles. The molecule has 1 saturated heterocycles. The Morgan fingerprint density at radius 3 is 2.64 bits per heavy atom. The number of benzene rings is 1. The van der Waals surface area contributed by atoms with E-state index in [1.165, 1.54) is 6.42 Å². The predicted octanol–water partition coefficient (Wildman–Crippen LogP) is 2.75. The second kappa shape index (κ2) is 6.70. The molecule has 3 aliphatic rings. The van der Waals surface area contributed by atoms with Crippen molar-refractivity contribution in [2.75, 3.05) is 7.11 Å². The maximum atomic E-state index is 13.4. The molecule has 2 aliphatic carbocycles. The SMILES string of the molecule is COc1ccccc1C(=O)N1[C@H](C(=O)NC2CC2)C[C@@H]2CCCC[C@@H]21. The summed E-state index contributed by atoms with van der Waals surface area (Å²) in [5, 5.41) is 3.11. The van der Waals surface area contributed by atoms with Crippen LogP contribution in [-0.4, -0.2) is 41.9 Å². The zero-order chi connectivity index (χ0) is 17.4. The third-order valence-electron chi connectivity index (χ3n) is 5.89. The van der Waals surface area contributed by atoms with Gasteiger partial charge in [0.2, 0.25) is 5.91 Å². The summed E-state index contributed by atoms with van der Waals surface area (Å²) in [5.41, 5.74) is 0.556. The second-order valence-electron chi connectivity index (χ2n) is 7.56. The Labute approximate surface area is 148 Å². The van der Waals surface area contributed by atoms with Gasteiger partial charge in [-0.1, -0.05) is 25.0 Å². The Hall–Kier alpha value is -2.04. The normalized spacial score (nSPS) is 28.4. The zero-order valence-electron chi connectivity index (χ0n) is 14.7. The topological polar surface area (TPSA) is 58.6 Å². The Bertz CT molecular complexity index is 671. The number of likely N-dealkylation sites (tertiary alicyclic amines) is 1. The lowest BCUT2D eigenvalue weighted by atomic mass is 9.84. The number of hydrogen-bond acceptors (Lipinski definition) is 3. The van der Waals surface area contributed by atoms with Crippen LogP contribution in [0, 0.1) is 5.92 Å². The molecular weight excluding hydrogens is 316 g/mol. The van der Waals surface area contributed by atoms with Crippen molar-refractivity contribution in [2.45, 2.75) is 63.1 Å². The molecule has 134 valence electrons. The van der Waals surface area contributed by atoms with Crippen LogP contribution < -0.4 is 10.1 Å². The van der Waals surface area contributed by atoms with E-state index in [0.717, 1.165) is 38.5 Å². The van der Waals surface area contributed by atoms with E-state index in [-0.39, 0.29) is 23.9 Å². The summed E-state index contributed by atoms with van der Waals surface area (Å²) < 4.78 is 5.38. The van der Waals surface area contributed by atoms with Crippen LogP contribution in [0.1, 0.15) is 55.3 Å². The van der Waals surface area contributed by atoms with Gasteiger partial charge in [0.05, 0.1) is 12.7 Å². The fraction of sp³-hybridized carbons (Fsp3) is 0.600. The van der Waals surface area contributed by atoms with Crippen molar-refractivity contribution in [3.63, 3.8) is 0 Å². The lowest BCUT2D eigenvalue weighted by molar-refractivity contribution is -0.125. The monoisotopic (exact) mass is 342 g/mol. The lowest BCUT2D eigenvalue weighted by Crippen LogP contribution is -2.50. The third kappa shape index (κ3) is 3.12. The number of nitrogens with one attached hydrogen (secondary N) is 1. The third-order valence-corrected chi connectivity index (χ3v) is 5.89. The number of carbonyl (C=O) groups excluding carboxylic acids is 2. The van der Waals surface area contributed by atoms with Gasteiger partial charge < -0.3 is 15.0 Å². The van der Waals surface area contributed by atoms with E-state index in [4.69, 9.17) is 4.74 Å². The first-order valence-corrected chi connectivity index (χ1v) is 9.45. The van der Waals surface area contributed by atoms with Crippen molar-refractivity contribution in [2.24, 2.45) is 5.92 Å². The van der Waals surface area contributed by atoms with Gasteiger partial charge in [-0.2, -0.15) is 0 Å². The van der Waals surface area contributed by atoms with Crippen LogP contribution in [0.3, 0.4) is 0 Å². The highest BCUT2D eigenvalue weighted by atomic mass is 16.5. The fourth-order valence-corrected chi connectivity index (χ4v) is 4.47. The van der Waals surface area contributed by atoms with Crippen LogP contribution in [0.25, 0.3) is 0 Å². The summed E-state index contributed by atoms with van der Waals surface area (Å²) in [6, 6.07) is 7.48. The van der Waals surface area contributed by atoms with Gasteiger partial charge in [-0.25, -0.2) is 0 Å². The van der Waals surface area contributed by atoms with Gasteiger partial charge in [-0.15, -0.1) is 0 Å². The van der Waals surface area contributed by atoms with Crippen molar-refractivity contribution in [3.8, 4) is 5.75 Å². The summed E-state index contributed by atoms with van der Waals surface area (Å²) in [6.07, 6.45) is 7.37. The minimum absolute atomic E-state index is 0.0279. The molecule has 1 N–H and O–H groups in total. The molecule has 0 unspecified atom stereocenters. The predicted molar refractivity (Wildman–Crippen MR) is 94.5 cm³/mol. The van der Waals surface area contributed by atoms with Crippen LogP contribution >= 0.6 is 0 Å². The Morgan fingerprint density at radius 2 is 1.88 bits per heavy atom. The van der Waals surface area contributed by atoms with E-state index in [2.05, 4.69) is 5.32 Å². The largest absolute Gasteiger partial charge is 0.496 e. The number of hydrogen-bond donors (Lipinski definition) is 1. The number of nitrogens with zero attached hydrogens (tertiary/aromatic N) is 1. The van der Waals surface area contributed by atoms with Crippen LogP contribution in [-0.2, 0) is 4.79 Å². The molecular formula is C20H26N2O3. The molecule has 4 rings (SSSR count). The van der Waals surface area contributed by atoms with E-state index in [9.17, 15) is 9.59 Å². The van der Waals surface area contributed by atoms with E-state index in [1.54, 1.807) is 19.2 Å². The Morgan fingerprint density at radius 1 is 1.12 bits per heavy atom. The average molecular weight is 342 g/mol. The van der Waals surface area contributed by atoms with E-state index < -0.39 is 0 Å². The molecule has 0 bridgehead atoms. The van der Waals surface area contributed by atoms with Crippen LogP contribution in [0.4, 0.5) is 0 Å². The molecule has 1 aliphatic heterocycles. The second-order valence-corrected chi connectivity index (χ2v) is 7.56. The van der Waals surface area contributed by atoms with Gasteiger partial charge in [0, 0.05) is 12.1 Å². The van der Waals surface area contributed by atoms with Crippen LogP contribution in [0.2, 0.25) is 0 Å². The van der Waals surface area contributed by atoms with E-state index in [1.807, 2.05) is 17.0 Å². The smallest absolute Gasteiger partial charge is 0.258 e. The first-order chi connectivity index (χ1) is 12.2. The maximum absolute atomic E-state index is 13.4. The van der Waals surface area contributed by atoms with Crippen molar-refractivity contribution >= 4 is 11.8 Å². The summed E-state index contributed by atoms with van der Waals surface area (Å²) >= 11 is 0. The minimum atomic E-state index is -0.342. The molecule has 2 saturated carbocycles. The highest BCUT2D eigenvalue weighted by molar-refractivity contribution is 6.00. The number of para-hydroxylation sites is 1. The summed E-state index contributed by atoms with van der Waals surface area (Å²) in [7, 11) is 1.58. The molecule has 3 fully saturated rings. The maximum Gasteiger partial charge on any atom is 0.258 e. The van der Waals surface area contributed by atoms with E-state index >= 15 is 0 Å². The lowest BCUT2D eigenvalue weighted by Gasteiger charge is -2.34. The molecule has 5 nitrogen and oxygen atoms in total. The zero-order valence-corrected chi connectivity index (χ0v) is 14.7. The first kappa shape index (κ1) is 16.4. The molecule has 0 radical (unpaired) electrons. The summed E-state index contributed by atoms with van der Waals surface area (Å²) in [5.74, 6) is 0.985. The molecule has 3 atom stereocenters. The first-order valence-electron chi connectivity index (χ1n) is 9.45. The quantitative estimate of drug-likeness (QED) is 0.915. The number of ether oxygens (including phenoxy) is 1. The molecule has 25 heavy (non-hydrogen) atoms. The molecule has 1 aromatic rings. The van der Waals surface area contributed by atoms with Gasteiger partial charge in [-0.3, -0.25) is 9.59 Å². The average Bonchev–Trinajstić information content (AvgIpc) is 3.37. The number of rotatable bonds is 4. The van der Waals surface area contributed by atoms with Crippen molar-refractivity contribution < 1.29 is 14.3 Å². The van der Waals surface area contributed by atoms with Gasteiger partial charge in [0.25, 0.3) is 5.91 Å². The van der Waals surface area contributed by atoms with Crippen LogP contribution in [0.15, 0.2) is 24.3 Å². The number of carbonyl (C=O) groups is 2. The van der Waals surface area contributed by atoms with Gasteiger partial charge in [-0.05, 0) is 50.2 Å². The Balaban J connectivity index is 1.64. The molecule has 5 heteroatoms. The van der Waals surface area contributed by atoms with Gasteiger partial charge in [0.1, 0.15) is 11.8 Å². The highest BCUT2D eigenvalue weighted by Gasteiger charge is 2.48. The number of fused-ring (bicyclic) bond motifs is 1. The van der Waals surface area contributed by atoms with Crippen molar-refractivity contribution in [1.82, 2.24) is 10.2 Å². The minimum Gasteiger partial charge on any atom is -0.496 e.